The molecule has 2 fully saturated rings. The molecule has 5 heteroatoms. The van der Waals surface area contributed by atoms with Crippen LogP contribution in [0.25, 0.3) is 0 Å². The van der Waals surface area contributed by atoms with Gasteiger partial charge in [-0.25, -0.2) is 0 Å². The van der Waals surface area contributed by atoms with Gasteiger partial charge in [0.25, 0.3) is 0 Å². The van der Waals surface area contributed by atoms with E-state index in [1.807, 2.05) is 24.3 Å². The summed E-state index contributed by atoms with van der Waals surface area (Å²) in [6.07, 6.45) is 12.6. The molecule has 0 atom stereocenters. The van der Waals surface area contributed by atoms with Crippen LogP contribution in [0.1, 0.15) is 76.7 Å². The number of phenols is 1. The summed E-state index contributed by atoms with van der Waals surface area (Å²) in [5, 5.41) is 11.0. The van der Waals surface area contributed by atoms with Crippen molar-refractivity contribution in [2.75, 3.05) is 32.1 Å². The summed E-state index contributed by atoms with van der Waals surface area (Å²) in [4.78, 5) is 5.11. The lowest BCUT2D eigenvalue weighted by atomic mass is 9.73. The Morgan fingerprint density at radius 2 is 1.77 bits per heavy atom. The van der Waals surface area contributed by atoms with E-state index in [9.17, 15) is 5.11 Å². The van der Waals surface area contributed by atoms with E-state index in [0.29, 0.717) is 16.8 Å². The molecule has 192 valence electrons. The fourth-order valence-corrected chi connectivity index (χ4v) is 6.82. The number of rotatable bonds is 9. The van der Waals surface area contributed by atoms with Gasteiger partial charge in [0, 0.05) is 29.2 Å². The topological polar surface area (TPSA) is 35.9 Å². The first-order valence-corrected chi connectivity index (χ1v) is 14.0. The molecule has 0 amide bonds. The van der Waals surface area contributed by atoms with E-state index in [4.69, 9.17) is 16.3 Å². The lowest BCUT2D eigenvalue weighted by Gasteiger charge is -2.49. The maximum Gasteiger partial charge on any atom is 0.143 e. The van der Waals surface area contributed by atoms with Crippen LogP contribution in [0.2, 0.25) is 5.02 Å². The zero-order chi connectivity index (χ0) is 24.8. The first-order valence-electron chi connectivity index (χ1n) is 13.6. The number of phenolic OH excluding ortho intramolecular Hbond substituents is 1. The van der Waals surface area contributed by atoms with Gasteiger partial charge in [-0.05, 0) is 88.4 Å². The molecule has 0 saturated heterocycles. The van der Waals surface area contributed by atoms with Crippen LogP contribution in [-0.2, 0) is 5.54 Å². The summed E-state index contributed by atoms with van der Waals surface area (Å²) in [6, 6.07) is 14.4. The number of ether oxygens (including phenoxy) is 1. The summed E-state index contributed by atoms with van der Waals surface area (Å²) in [5.74, 6) is 2.08. The number of halogens is 1. The van der Waals surface area contributed by atoms with Gasteiger partial charge in [0.1, 0.15) is 11.5 Å². The number of anilines is 1. The van der Waals surface area contributed by atoms with Crippen molar-refractivity contribution < 1.29 is 9.84 Å². The SMILES string of the molecule is CCN(c1ccc(Cl)cc1OC)C1CCC(c2cccc(O)c2)(N(C)CCC2CCCCC2)CC1. The van der Waals surface area contributed by atoms with Gasteiger partial charge in [-0.2, -0.15) is 0 Å². The van der Waals surface area contributed by atoms with Gasteiger partial charge in [0.2, 0.25) is 0 Å². The molecule has 0 radical (unpaired) electrons. The summed E-state index contributed by atoms with van der Waals surface area (Å²) in [6.45, 7) is 4.27. The molecule has 2 saturated carbocycles. The molecule has 4 rings (SSSR count). The smallest absolute Gasteiger partial charge is 0.143 e. The van der Waals surface area contributed by atoms with Crippen LogP contribution >= 0.6 is 11.6 Å². The van der Waals surface area contributed by atoms with Crippen LogP contribution in [0.4, 0.5) is 5.69 Å². The third kappa shape index (κ3) is 5.91. The average Bonchev–Trinajstić information content (AvgIpc) is 2.89. The Balaban J connectivity index is 1.53. The fourth-order valence-electron chi connectivity index (χ4n) is 6.66. The molecule has 35 heavy (non-hydrogen) atoms. The van der Waals surface area contributed by atoms with Crippen molar-refractivity contribution in [3.05, 3.63) is 53.1 Å². The van der Waals surface area contributed by atoms with E-state index in [1.54, 1.807) is 13.2 Å². The van der Waals surface area contributed by atoms with Gasteiger partial charge >= 0.3 is 0 Å². The first-order chi connectivity index (χ1) is 17.0. The summed E-state index contributed by atoms with van der Waals surface area (Å²) >= 11 is 6.24. The number of nitrogens with zero attached hydrogens (tertiary/aromatic N) is 2. The molecule has 2 aliphatic carbocycles. The minimum absolute atomic E-state index is 0.0343. The van der Waals surface area contributed by atoms with Crippen LogP contribution in [0, 0.1) is 5.92 Å². The number of hydrogen-bond acceptors (Lipinski definition) is 4. The summed E-state index contributed by atoms with van der Waals surface area (Å²) in [7, 11) is 4.03. The van der Waals surface area contributed by atoms with Gasteiger partial charge < -0.3 is 14.7 Å². The number of hydrogen-bond donors (Lipinski definition) is 1. The van der Waals surface area contributed by atoms with E-state index < -0.39 is 0 Å². The van der Waals surface area contributed by atoms with Gasteiger partial charge in [-0.15, -0.1) is 0 Å². The average molecular weight is 499 g/mol. The molecule has 4 nitrogen and oxygen atoms in total. The van der Waals surface area contributed by atoms with Crippen LogP contribution in [0.5, 0.6) is 11.5 Å². The summed E-state index contributed by atoms with van der Waals surface area (Å²) < 4.78 is 5.69. The molecular weight excluding hydrogens is 456 g/mol. The Morgan fingerprint density at radius 3 is 2.43 bits per heavy atom. The van der Waals surface area contributed by atoms with Crippen LogP contribution in [0.15, 0.2) is 42.5 Å². The van der Waals surface area contributed by atoms with E-state index in [2.05, 4.69) is 35.9 Å². The number of benzene rings is 2. The Hall–Kier alpha value is -1.91. The Kier molecular flexibility index (Phi) is 8.88. The zero-order valence-corrected chi connectivity index (χ0v) is 22.6. The molecule has 0 unspecified atom stereocenters. The molecule has 2 aliphatic rings. The quantitative estimate of drug-likeness (QED) is 0.385. The molecule has 0 bridgehead atoms. The maximum absolute atomic E-state index is 10.3. The van der Waals surface area contributed by atoms with E-state index >= 15 is 0 Å². The van der Waals surface area contributed by atoms with E-state index in [-0.39, 0.29) is 5.54 Å². The molecular formula is C30H43ClN2O2. The van der Waals surface area contributed by atoms with Gasteiger partial charge in [-0.1, -0.05) is 55.8 Å². The Bertz CT molecular complexity index is 951. The monoisotopic (exact) mass is 498 g/mol. The predicted molar refractivity (Wildman–Crippen MR) is 147 cm³/mol. The largest absolute Gasteiger partial charge is 0.508 e. The maximum atomic E-state index is 10.3. The molecule has 0 aromatic heterocycles. The minimum atomic E-state index is -0.0343. The molecule has 0 aliphatic heterocycles. The summed E-state index contributed by atoms with van der Waals surface area (Å²) in [5.41, 5.74) is 2.35. The third-order valence-corrected chi connectivity index (χ3v) is 8.96. The second kappa shape index (κ2) is 11.9. The van der Waals surface area contributed by atoms with Crippen molar-refractivity contribution in [2.24, 2.45) is 5.92 Å². The number of methoxy groups -OCH3 is 1. The molecule has 2 aromatic rings. The lowest BCUT2D eigenvalue weighted by molar-refractivity contribution is 0.0584. The molecule has 1 N–H and O–H groups in total. The van der Waals surface area contributed by atoms with E-state index in [1.165, 1.54) is 44.1 Å². The highest BCUT2D eigenvalue weighted by Gasteiger charge is 2.41. The zero-order valence-electron chi connectivity index (χ0n) is 21.8. The van der Waals surface area contributed by atoms with Crippen molar-refractivity contribution in [2.45, 2.75) is 82.7 Å². The van der Waals surface area contributed by atoms with Gasteiger partial charge in [-0.3, -0.25) is 4.90 Å². The molecule has 2 aromatic carbocycles. The van der Waals surface area contributed by atoms with Crippen molar-refractivity contribution in [1.82, 2.24) is 4.90 Å². The van der Waals surface area contributed by atoms with Crippen molar-refractivity contribution in [3.63, 3.8) is 0 Å². The van der Waals surface area contributed by atoms with Gasteiger partial charge in [0.15, 0.2) is 0 Å². The second-order valence-corrected chi connectivity index (χ2v) is 11.1. The van der Waals surface area contributed by atoms with Crippen molar-refractivity contribution in [1.29, 1.82) is 0 Å². The Morgan fingerprint density at radius 1 is 1.03 bits per heavy atom. The van der Waals surface area contributed by atoms with Crippen molar-refractivity contribution >= 4 is 17.3 Å². The molecule has 0 spiro atoms. The fraction of sp³-hybridized carbons (Fsp3) is 0.600. The highest BCUT2D eigenvalue weighted by atomic mass is 35.5. The predicted octanol–water partition coefficient (Wildman–Crippen LogP) is 7.62. The van der Waals surface area contributed by atoms with Crippen molar-refractivity contribution in [3.8, 4) is 11.5 Å². The highest BCUT2D eigenvalue weighted by Crippen LogP contribution is 2.45. The van der Waals surface area contributed by atoms with E-state index in [0.717, 1.165) is 56.1 Å². The normalized spacial score (nSPS) is 23.4. The number of aromatic hydroxyl groups is 1. The Labute approximate surface area is 217 Å². The third-order valence-electron chi connectivity index (χ3n) is 8.73. The highest BCUT2D eigenvalue weighted by molar-refractivity contribution is 6.30. The van der Waals surface area contributed by atoms with Crippen LogP contribution in [0.3, 0.4) is 0 Å². The lowest BCUT2D eigenvalue weighted by Crippen LogP contribution is -2.50. The minimum Gasteiger partial charge on any atom is -0.508 e. The standard InChI is InChI=1S/C30H43ClN2O2/c1-4-33(28-14-13-25(31)22-29(28)35-3)26-15-18-30(19-16-26,24-11-8-12-27(34)21-24)32(2)20-17-23-9-6-5-7-10-23/h8,11-14,21-23,26,34H,4-7,9-10,15-20H2,1-3H3. The first kappa shape index (κ1) is 26.2. The second-order valence-electron chi connectivity index (χ2n) is 10.6. The molecule has 0 heterocycles. The van der Waals surface area contributed by atoms with Crippen LogP contribution in [-0.4, -0.2) is 43.3 Å². The van der Waals surface area contributed by atoms with Gasteiger partial charge in [0.05, 0.1) is 12.8 Å². The van der Waals surface area contributed by atoms with Crippen LogP contribution < -0.4 is 9.64 Å².